The Bertz CT molecular complexity index is 701. The van der Waals surface area contributed by atoms with Gasteiger partial charge in [0, 0.05) is 10.5 Å². The fraction of sp³-hybridized carbons (Fsp3) is 0.389. The number of benzene rings is 1. The van der Waals surface area contributed by atoms with Crippen LogP contribution in [-0.2, 0) is 6.61 Å². The molecule has 2 unspecified atom stereocenters. The largest absolute Gasteiger partial charge is 0.486 e. The van der Waals surface area contributed by atoms with Crippen molar-refractivity contribution < 1.29 is 13.9 Å². The Kier molecular flexibility index (Phi) is 5.58. The minimum Gasteiger partial charge on any atom is -0.486 e. The van der Waals surface area contributed by atoms with Gasteiger partial charge >= 0.3 is 0 Å². The number of hydrogen-bond acceptors (Lipinski definition) is 4. The van der Waals surface area contributed by atoms with E-state index in [1.807, 2.05) is 24.3 Å². The molecule has 2 aromatic rings. The topological polar surface area (TPSA) is 63.5 Å². The van der Waals surface area contributed by atoms with E-state index in [-0.39, 0.29) is 18.6 Å². The predicted molar refractivity (Wildman–Crippen MR) is 95.1 cm³/mol. The van der Waals surface area contributed by atoms with Gasteiger partial charge in [0.1, 0.15) is 18.1 Å². The van der Waals surface area contributed by atoms with Crippen LogP contribution in [0.2, 0.25) is 0 Å². The van der Waals surface area contributed by atoms with Crippen LogP contribution in [0.1, 0.15) is 29.7 Å². The Labute approximate surface area is 149 Å². The highest BCUT2D eigenvalue weighted by molar-refractivity contribution is 9.10. The first-order chi connectivity index (χ1) is 11.6. The second kappa shape index (κ2) is 7.85. The molecule has 0 saturated carbocycles. The van der Waals surface area contributed by atoms with Crippen LogP contribution in [0, 0.1) is 5.92 Å². The van der Waals surface area contributed by atoms with Crippen LogP contribution < -0.4 is 15.4 Å². The van der Waals surface area contributed by atoms with Gasteiger partial charge in [-0.3, -0.25) is 4.79 Å². The number of piperidine rings is 1. The lowest BCUT2D eigenvalue weighted by Gasteiger charge is -2.29. The van der Waals surface area contributed by atoms with E-state index in [0.29, 0.717) is 17.4 Å². The molecule has 1 saturated heterocycles. The van der Waals surface area contributed by atoms with Gasteiger partial charge in [0.05, 0.1) is 0 Å². The molecule has 1 fully saturated rings. The summed E-state index contributed by atoms with van der Waals surface area (Å²) >= 11 is 3.40. The number of carbonyl (C=O) groups is 1. The first-order valence-corrected chi connectivity index (χ1v) is 8.90. The van der Waals surface area contributed by atoms with E-state index in [1.54, 1.807) is 12.1 Å². The monoisotopic (exact) mass is 392 g/mol. The van der Waals surface area contributed by atoms with Gasteiger partial charge in [0.15, 0.2) is 5.76 Å². The molecule has 2 atom stereocenters. The first-order valence-electron chi connectivity index (χ1n) is 8.10. The fourth-order valence-electron chi connectivity index (χ4n) is 2.76. The molecule has 1 aromatic heterocycles. The number of rotatable bonds is 5. The fourth-order valence-corrected chi connectivity index (χ4v) is 3.14. The zero-order valence-electron chi connectivity index (χ0n) is 13.5. The summed E-state index contributed by atoms with van der Waals surface area (Å²) in [5.41, 5.74) is 0. The highest BCUT2D eigenvalue weighted by Gasteiger charge is 2.24. The van der Waals surface area contributed by atoms with E-state index in [2.05, 4.69) is 33.5 Å². The molecule has 2 heterocycles. The molecular formula is C18H21BrN2O3. The van der Waals surface area contributed by atoms with Crippen LogP contribution in [0.15, 0.2) is 45.3 Å². The third-order valence-corrected chi connectivity index (χ3v) is 4.66. The van der Waals surface area contributed by atoms with E-state index < -0.39 is 0 Å². The SMILES string of the molecule is CC1CNCCC1NC(=O)c1ccc(COc2cccc(Br)c2)o1. The zero-order valence-corrected chi connectivity index (χ0v) is 15.1. The van der Waals surface area contributed by atoms with Gasteiger partial charge in [-0.15, -0.1) is 0 Å². The van der Waals surface area contributed by atoms with E-state index in [0.717, 1.165) is 29.7 Å². The lowest BCUT2D eigenvalue weighted by Crippen LogP contribution is -2.48. The van der Waals surface area contributed by atoms with Crippen molar-refractivity contribution in [2.75, 3.05) is 13.1 Å². The smallest absolute Gasteiger partial charge is 0.287 e. The van der Waals surface area contributed by atoms with Gasteiger partial charge in [-0.2, -0.15) is 0 Å². The van der Waals surface area contributed by atoms with Gasteiger partial charge in [0.25, 0.3) is 5.91 Å². The maximum Gasteiger partial charge on any atom is 0.287 e. The average Bonchev–Trinajstić information content (AvgIpc) is 3.04. The molecule has 1 aliphatic rings. The van der Waals surface area contributed by atoms with Gasteiger partial charge in [0.2, 0.25) is 0 Å². The number of furan rings is 1. The molecule has 5 nitrogen and oxygen atoms in total. The van der Waals surface area contributed by atoms with Crippen molar-refractivity contribution in [3.63, 3.8) is 0 Å². The molecule has 0 bridgehead atoms. The van der Waals surface area contributed by atoms with Crippen molar-refractivity contribution in [1.82, 2.24) is 10.6 Å². The number of halogens is 1. The molecule has 1 amide bonds. The maximum absolute atomic E-state index is 12.3. The molecule has 1 aliphatic heterocycles. The van der Waals surface area contributed by atoms with Crippen molar-refractivity contribution in [2.45, 2.75) is 26.0 Å². The molecule has 128 valence electrons. The van der Waals surface area contributed by atoms with E-state index in [1.165, 1.54) is 0 Å². The second-order valence-electron chi connectivity index (χ2n) is 6.06. The molecule has 24 heavy (non-hydrogen) atoms. The van der Waals surface area contributed by atoms with Crippen LogP contribution in [0.25, 0.3) is 0 Å². The highest BCUT2D eigenvalue weighted by atomic mass is 79.9. The normalized spacial score (nSPS) is 20.6. The molecule has 1 aromatic carbocycles. The Morgan fingerprint density at radius 1 is 1.42 bits per heavy atom. The second-order valence-corrected chi connectivity index (χ2v) is 6.98. The molecule has 3 rings (SSSR count). The highest BCUT2D eigenvalue weighted by Crippen LogP contribution is 2.20. The minimum atomic E-state index is -0.164. The quantitative estimate of drug-likeness (QED) is 0.818. The molecule has 2 N–H and O–H groups in total. The summed E-state index contributed by atoms with van der Waals surface area (Å²) < 4.78 is 12.2. The number of nitrogens with one attached hydrogen (secondary N) is 2. The summed E-state index contributed by atoms with van der Waals surface area (Å²) in [6, 6.07) is 11.3. The number of amides is 1. The Morgan fingerprint density at radius 2 is 2.29 bits per heavy atom. The van der Waals surface area contributed by atoms with Crippen molar-refractivity contribution in [3.05, 3.63) is 52.4 Å². The molecule has 0 radical (unpaired) electrons. The Morgan fingerprint density at radius 3 is 3.08 bits per heavy atom. The summed E-state index contributed by atoms with van der Waals surface area (Å²) in [4.78, 5) is 12.3. The molecule has 6 heteroatoms. The van der Waals surface area contributed by atoms with E-state index in [9.17, 15) is 4.79 Å². The third kappa shape index (κ3) is 4.39. The standard InChI is InChI=1S/C18H21BrN2O3/c1-12-10-20-8-7-16(12)21-18(22)17-6-5-15(24-17)11-23-14-4-2-3-13(19)9-14/h2-6,9,12,16,20H,7-8,10-11H2,1H3,(H,21,22). The summed E-state index contributed by atoms with van der Waals surface area (Å²) in [5.74, 6) is 1.95. The van der Waals surface area contributed by atoms with Crippen molar-refractivity contribution in [2.24, 2.45) is 5.92 Å². The molecule has 0 aliphatic carbocycles. The van der Waals surface area contributed by atoms with Crippen molar-refractivity contribution in [1.29, 1.82) is 0 Å². The van der Waals surface area contributed by atoms with Crippen LogP contribution in [-0.4, -0.2) is 25.0 Å². The zero-order chi connectivity index (χ0) is 16.9. The van der Waals surface area contributed by atoms with Crippen molar-refractivity contribution in [3.8, 4) is 5.75 Å². The van der Waals surface area contributed by atoms with E-state index in [4.69, 9.17) is 9.15 Å². The average molecular weight is 393 g/mol. The minimum absolute atomic E-state index is 0.164. The maximum atomic E-state index is 12.3. The predicted octanol–water partition coefficient (Wildman–Crippen LogP) is 3.35. The van der Waals surface area contributed by atoms with Crippen LogP contribution in [0.5, 0.6) is 5.75 Å². The van der Waals surface area contributed by atoms with Gasteiger partial charge in [-0.25, -0.2) is 0 Å². The van der Waals surface area contributed by atoms with Gasteiger partial charge < -0.3 is 19.8 Å². The Hall–Kier alpha value is -1.79. The number of carbonyl (C=O) groups excluding carboxylic acids is 1. The summed E-state index contributed by atoms with van der Waals surface area (Å²) in [5, 5.41) is 6.38. The third-order valence-electron chi connectivity index (χ3n) is 4.16. The molecular weight excluding hydrogens is 372 g/mol. The van der Waals surface area contributed by atoms with Gasteiger partial charge in [-0.1, -0.05) is 28.9 Å². The summed E-state index contributed by atoms with van der Waals surface area (Å²) in [6.07, 6.45) is 0.937. The number of hydrogen-bond donors (Lipinski definition) is 2. The van der Waals surface area contributed by atoms with Crippen LogP contribution >= 0.6 is 15.9 Å². The Balaban J connectivity index is 1.55. The van der Waals surface area contributed by atoms with Gasteiger partial charge in [-0.05, 0) is 55.8 Å². The lowest BCUT2D eigenvalue weighted by molar-refractivity contribution is 0.0882. The van der Waals surface area contributed by atoms with E-state index >= 15 is 0 Å². The summed E-state index contributed by atoms with van der Waals surface area (Å²) in [6.45, 7) is 4.28. The van der Waals surface area contributed by atoms with Crippen molar-refractivity contribution >= 4 is 21.8 Å². The summed E-state index contributed by atoms with van der Waals surface area (Å²) in [7, 11) is 0. The molecule has 0 spiro atoms. The van der Waals surface area contributed by atoms with Crippen LogP contribution in [0.4, 0.5) is 0 Å². The van der Waals surface area contributed by atoms with Crippen LogP contribution in [0.3, 0.4) is 0 Å². The lowest BCUT2D eigenvalue weighted by atomic mass is 9.95. The first kappa shape index (κ1) is 17.0. The number of ether oxygens (including phenoxy) is 1.